The van der Waals surface area contributed by atoms with Gasteiger partial charge >= 0.3 is 5.97 Å². The standard InChI is InChI=1S/C17H17N3O4S/c1-10-8-13(24-19-10)17(22)23-9-15(21)20(3)11(2)16-18-12-6-4-5-7-14(12)25-16/h4-8,11H,9H2,1-3H3/t11-/m0/s1. The first-order chi connectivity index (χ1) is 12.0. The molecular weight excluding hydrogens is 342 g/mol. The molecule has 1 aromatic carbocycles. The third kappa shape index (κ3) is 3.69. The summed E-state index contributed by atoms with van der Waals surface area (Å²) in [5.41, 5.74) is 1.47. The van der Waals surface area contributed by atoms with Crippen LogP contribution < -0.4 is 0 Å². The van der Waals surface area contributed by atoms with E-state index in [1.807, 2.05) is 31.2 Å². The highest BCUT2D eigenvalue weighted by Crippen LogP contribution is 2.28. The van der Waals surface area contributed by atoms with Crippen LogP contribution in [0.4, 0.5) is 0 Å². The van der Waals surface area contributed by atoms with Crippen LogP contribution in [0, 0.1) is 6.92 Å². The number of fused-ring (bicyclic) bond motifs is 1. The van der Waals surface area contributed by atoms with Gasteiger partial charge in [-0.3, -0.25) is 4.79 Å². The number of hydrogen-bond acceptors (Lipinski definition) is 7. The van der Waals surface area contributed by atoms with E-state index in [0.29, 0.717) is 5.69 Å². The number of nitrogens with zero attached hydrogens (tertiary/aromatic N) is 3. The lowest BCUT2D eigenvalue weighted by Gasteiger charge is -2.22. The van der Waals surface area contributed by atoms with E-state index in [2.05, 4.69) is 10.1 Å². The molecule has 130 valence electrons. The fourth-order valence-corrected chi connectivity index (χ4v) is 3.27. The molecule has 0 saturated heterocycles. The molecule has 2 aromatic heterocycles. The lowest BCUT2D eigenvalue weighted by molar-refractivity contribution is -0.135. The molecule has 0 bridgehead atoms. The SMILES string of the molecule is Cc1cc(C(=O)OCC(=O)N(C)[C@@H](C)c2nc3ccccc3s2)on1. The van der Waals surface area contributed by atoms with Crippen LogP contribution in [0.25, 0.3) is 10.2 Å². The van der Waals surface area contributed by atoms with Gasteiger partial charge in [0, 0.05) is 13.1 Å². The second-order valence-corrected chi connectivity index (χ2v) is 6.67. The molecule has 0 spiro atoms. The Kier molecular flexibility index (Phi) is 4.80. The number of likely N-dealkylation sites (N-methyl/N-ethyl adjacent to an activating group) is 1. The molecule has 0 saturated carbocycles. The molecule has 3 rings (SSSR count). The van der Waals surface area contributed by atoms with Crippen molar-refractivity contribution in [1.29, 1.82) is 0 Å². The molecule has 0 unspecified atom stereocenters. The summed E-state index contributed by atoms with van der Waals surface area (Å²) >= 11 is 1.54. The Bertz CT molecular complexity index is 884. The van der Waals surface area contributed by atoms with Gasteiger partial charge in [0.15, 0.2) is 6.61 Å². The fraction of sp³-hybridized carbons (Fsp3) is 0.294. The highest BCUT2D eigenvalue weighted by atomic mass is 32.1. The van der Waals surface area contributed by atoms with Crippen molar-refractivity contribution in [1.82, 2.24) is 15.0 Å². The van der Waals surface area contributed by atoms with Crippen molar-refractivity contribution in [3.05, 3.63) is 46.8 Å². The summed E-state index contributed by atoms with van der Waals surface area (Å²) < 4.78 is 10.9. The van der Waals surface area contributed by atoms with Gasteiger partial charge in [-0.15, -0.1) is 11.3 Å². The molecule has 8 heteroatoms. The summed E-state index contributed by atoms with van der Waals surface area (Å²) in [4.78, 5) is 30.2. The van der Waals surface area contributed by atoms with Gasteiger partial charge in [-0.05, 0) is 26.0 Å². The predicted molar refractivity (Wildman–Crippen MR) is 92.3 cm³/mol. The third-order valence-corrected chi connectivity index (χ3v) is 5.00. The van der Waals surface area contributed by atoms with E-state index in [9.17, 15) is 9.59 Å². The van der Waals surface area contributed by atoms with Gasteiger partial charge in [0.05, 0.1) is 22.0 Å². The Morgan fingerprint density at radius 3 is 2.80 bits per heavy atom. The maximum Gasteiger partial charge on any atom is 0.377 e. The first-order valence-electron chi connectivity index (χ1n) is 7.67. The summed E-state index contributed by atoms with van der Waals surface area (Å²) in [6.45, 7) is 3.21. The van der Waals surface area contributed by atoms with Crippen LogP contribution >= 0.6 is 11.3 Å². The van der Waals surface area contributed by atoms with Crippen LogP contribution in [-0.4, -0.2) is 40.6 Å². The zero-order valence-electron chi connectivity index (χ0n) is 14.1. The molecular formula is C17H17N3O4S. The lowest BCUT2D eigenvalue weighted by atomic mass is 10.3. The molecule has 2 heterocycles. The van der Waals surface area contributed by atoms with Crippen molar-refractivity contribution in [3.8, 4) is 0 Å². The van der Waals surface area contributed by atoms with Crippen LogP contribution in [0.1, 0.15) is 34.2 Å². The second kappa shape index (κ2) is 7.02. The molecule has 0 aliphatic heterocycles. The van der Waals surface area contributed by atoms with Gasteiger partial charge in [-0.25, -0.2) is 9.78 Å². The van der Waals surface area contributed by atoms with Crippen LogP contribution in [-0.2, 0) is 9.53 Å². The van der Waals surface area contributed by atoms with E-state index in [0.717, 1.165) is 15.2 Å². The number of hydrogen-bond donors (Lipinski definition) is 0. The van der Waals surface area contributed by atoms with E-state index >= 15 is 0 Å². The van der Waals surface area contributed by atoms with Crippen LogP contribution in [0.15, 0.2) is 34.9 Å². The molecule has 0 N–H and O–H groups in total. The molecule has 1 amide bonds. The van der Waals surface area contributed by atoms with Gasteiger partial charge in [0.25, 0.3) is 5.91 Å². The summed E-state index contributed by atoms with van der Waals surface area (Å²) in [5, 5.41) is 4.44. The van der Waals surface area contributed by atoms with E-state index in [-0.39, 0.29) is 24.3 Å². The number of rotatable bonds is 5. The first-order valence-corrected chi connectivity index (χ1v) is 8.49. The van der Waals surface area contributed by atoms with Crippen molar-refractivity contribution in [3.63, 3.8) is 0 Å². The number of carbonyl (C=O) groups excluding carboxylic acids is 2. The highest BCUT2D eigenvalue weighted by Gasteiger charge is 2.22. The topological polar surface area (TPSA) is 85.5 Å². The number of esters is 1. The van der Waals surface area contributed by atoms with Crippen molar-refractivity contribution in [2.24, 2.45) is 0 Å². The van der Waals surface area contributed by atoms with Gasteiger partial charge in [-0.1, -0.05) is 17.3 Å². The Morgan fingerprint density at radius 1 is 1.36 bits per heavy atom. The van der Waals surface area contributed by atoms with Gasteiger partial charge in [0.1, 0.15) is 5.01 Å². The zero-order valence-corrected chi connectivity index (χ0v) is 14.9. The fourth-order valence-electron chi connectivity index (χ4n) is 2.21. The molecule has 0 aliphatic carbocycles. The quantitative estimate of drug-likeness (QED) is 0.651. The van der Waals surface area contributed by atoms with E-state index in [1.54, 1.807) is 14.0 Å². The number of ether oxygens (including phenoxy) is 1. The Hall–Kier alpha value is -2.74. The van der Waals surface area contributed by atoms with E-state index in [4.69, 9.17) is 9.26 Å². The Balaban J connectivity index is 1.62. The Morgan fingerprint density at radius 2 is 2.12 bits per heavy atom. The summed E-state index contributed by atoms with van der Waals surface area (Å²) in [6.07, 6.45) is 0. The molecule has 0 aliphatic rings. The summed E-state index contributed by atoms with van der Waals surface area (Å²) in [6, 6.07) is 9.04. The second-order valence-electron chi connectivity index (χ2n) is 5.61. The number of aromatic nitrogens is 2. The smallest absolute Gasteiger partial charge is 0.377 e. The maximum atomic E-state index is 12.3. The van der Waals surface area contributed by atoms with Crippen LogP contribution in [0.5, 0.6) is 0 Å². The minimum atomic E-state index is -0.713. The van der Waals surface area contributed by atoms with Crippen molar-refractivity contribution >= 4 is 33.4 Å². The van der Waals surface area contributed by atoms with Crippen molar-refractivity contribution in [2.45, 2.75) is 19.9 Å². The number of aryl methyl sites for hydroxylation is 1. The van der Waals surface area contributed by atoms with E-state index in [1.165, 1.54) is 22.3 Å². The highest BCUT2D eigenvalue weighted by molar-refractivity contribution is 7.18. The largest absolute Gasteiger partial charge is 0.450 e. The number of thiazole rings is 1. The van der Waals surface area contributed by atoms with Gasteiger partial charge in [0.2, 0.25) is 5.76 Å². The number of carbonyl (C=O) groups is 2. The van der Waals surface area contributed by atoms with E-state index < -0.39 is 5.97 Å². The Labute approximate surface area is 148 Å². The molecule has 25 heavy (non-hydrogen) atoms. The predicted octanol–water partition coefficient (Wildman–Crippen LogP) is 2.97. The van der Waals surface area contributed by atoms with Gasteiger partial charge < -0.3 is 14.2 Å². The van der Waals surface area contributed by atoms with Crippen molar-refractivity contribution in [2.75, 3.05) is 13.7 Å². The molecule has 0 radical (unpaired) electrons. The minimum absolute atomic E-state index is 0.0211. The zero-order chi connectivity index (χ0) is 18.0. The third-order valence-electron chi connectivity index (χ3n) is 3.80. The molecule has 3 aromatic rings. The number of benzene rings is 1. The number of amides is 1. The molecule has 1 atom stereocenters. The molecule has 7 nitrogen and oxygen atoms in total. The average Bonchev–Trinajstić information content (AvgIpc) is 3.24. The summed E-state index contributed by atoms with van der Waals surface area (Å²) in [7, 11) is 1.66. The van der Waals surface area contributed by atoms with Gasteiger partial charge in [-0.2, -0.15) is 0 Å². The van der Waals surface area contributed by atoms with Crippen LogP contribution in [0.3, 0.4) is 0 Å². The minimum Gasteiger partial charge on any atom is -0.450 e. The van der Waals surface area contributed by atoms with Crippen molar-refractivity contribution < 1.29 is 18.8 Å². The normalized spacial score (nSPS) is 12.1. The lowest BCUT2D eigenvalue weighted by Crippen LogP contribution is -2.33. The average molecular weight is 359 g/mol. The van der Waals surface area contributed by atoms with Crippen LogP contribution in [0.2, 0.25) is 0 Å². The summed E-state index contributed by atoms with van der Waals surface area (Å²) in [5.74, 6) is -1.06. The number of para-hydroxylation sites is 1. The molecule has 0 fully saturated rings. The maximum absolute atomic E-state index is 12.3. The monoisotopic (exact) mass is 359 g/mol. The first kappa shape index (κ1) is 17.1.